The van der Waals surface area contributed by atoms with Crippen LogP contribution in [-0.4, -0.2) is 31.3 Å². The average Bonchev–Trinajstić information content (AvgIpc) is 2.97. The van der Waals surface area contributed by atoms with Crippen LogP contribution < -0.4 is 0 Å². The van der Waals surface area contributed by atoms with E-state index in [-0.39, 0.29) is 5.82 Å². The number of rotatable bonds is 13. The lowest BCUT2D eigenvalue weighted by molar-refractivity contribution is -0.136. The monoisotopic (exact) mass is 374 g/mol. The van der Waals surface area contributed by atoms with Crippen LogP contribution in [0.5, 0.6) is 0 Å². The summed E-state index contributed by atoms with van der Waals surface area (Å²) in [5.74, 6) is -0.793. The Bertz CT molecular complexity index is 425. The van der Waals surface area contributed by atoms with Crippen LogP contribution in [-0.2, 0) is 11.3 Å². The SMILES string of the molecule is CCCCCCCCCCCCn1nnc(C(Br)C(=O)O)n1. The third kappa shape index (κ3) is 7.87. The Kier molecular flexibility index (Phi) is 10.0. The highest BCUT2D eigenvalue weighted by atomic mass is 79.9. The minimum atomic E-state index is -1.00. The summed E-state index contributed by atoms with van der Waals surface area (Å²) in [4.78, 5) is 11.4. The van der Waals surface area contributed by atoms with E-state index in [1.165, 1.54) is 56.2 Å². The number of hydrogen-bond acceptors (Lipinski definition) is 4. The molecule has 0 saturated heterocycles. The standard InChI is InChI=1S/C15H27BrN4O2/c1-2-3-4-5-6-7-8-9-10-11-12-20-18-14(17-19-20)13(16)15(21)22/h13H,2-12H2,1H3,(H,21,22). The summed E-state index contributed by atoms with van der Waals surface area (Å²) in [7, 11) is 0. The van der Waals surface area contributed by atoms with Crippen LogP contribution in [0.15, 0.2) is 0 Å². The smallest absolute Gasteiger partial charge is 0.325 e. The van der Waals surface area contributed by atoms with E-state index < -0.39 is 10.8 Å². The van der Waals surface area contributed by atoms with Gasteiger partial charge in [-0.3, -0.25) is 4.79 Å². The summed E-state index contributed by atoms with van der Waals surface area (Å²) < 4.78 is 0. The van der Waals surface area contributed by atoms with Crippen molar-refractivity contribution in [3.8, 4) is 0 Å². The molecular formula is C15H27BrN4O2. The molecule has 0 amide bonds. The lowest BCUT2D eigenvalue weighted by Crippen LogP contribution is -2.07. The fourth-order valence-corrected chi connectivity index (χ4v) is 2.49. The van der Waals surface area contributed by atoms with Gasteiger partial charge in [0.15, 0.2) is 10.7 Å². The number of halogens is 1. The van der Waals surface area contributed by atoms with Crippen LogP contribution >= 0.6 is 15.9 Å². The number of aromatic nitrogens is 4. The Labute approximate surface area is 140 Å². The fourth-order valence-electron chi connectivity index (χ4n) is 2.30. The predicted molar refractivity (Wildman–Crippen MR) is 89.0 cm³/mol. The quantitative estimate of drug-likeness (QED) is 0.414. The van der Waals surface area contributed by atoms with Gasteiger partial charge in [-0.15, -0.1) is 10.2 Å². The van der Waals surface area contributed by atoms with E-state index in [0.717, 1.165) is 12.8 Å². The number of carbonyl (C=O) groups is 1. The Balaban J connectivity index is 2.02. The number of aryl methyl sites for hydroxylation is 1. The molecule has 0 aromatic carbocycles. The van der Waals surface area contributed by atoms with E-state index in [9.17, 15) is 4.79 Å². The highest BCUT2D eigenvalue weighted by Gasteiger charge is 2.21. The molecular weight excluding hydrogens is 348 g/mol. The van der Waals surface area contributed by atoms with Gasteiger partial charge in [-0.1, -0.05) is 80.6 Å². The minimum absolute atomic E-state index is 0.208. The van der Waals surface area contributed by atoms with Crippen molar-refractivity contribution in [3.05, 3.63) is 5.82 Å². The maximum absolute atomic E-state index is 10.8. The van der Waals surface area contributed by atoms with Crippen molar-refractivity contribution in [3.63, 3.8) is 0 Å². The van der Waals surface area contributed by atoms with E-state index in [1.54, 1.807) is 0 Å². The second-order valence-electron chi connectivity index (χ2n) is 5.63. The van der Waals surface area contributed by atoms with Gasteiger partial charge in [0.25, 0.3) is 0 Å². The summed E-state index contributed by atoms with van der Waals surface area (Å²) >= 11 is 3.02. The van der Waals surface area contributed by atoms with Gasteiger partial charge in [0.2, 0.25) is 0 Å². The van der Waals surface area contributed by atoms with Crippen molar-refractivity contribution in [2.24, 2.45) is 0 Å². The summed E-state index contributed by atoms with van der Waals surface area (Å²) in [6, 6.07) is 0. The molecule has 0 spiro atoms. The Morgan fingerprint density at radius 2 is 1.64 bits per heavy atom. The molecule has 0 radical (unpaired) electrons. The van der Waals surface area contributed by atoms with Gasteiger partial charge in [0.1, 0.15) is 0 Å². The molecule has 0 saturated carbocycles. The molecule has 1 N–H and O–H groups in total. The summed E-state index contributed by atoms with van der Waals surface area (Å²) in [5, 5.41) is 20.6. The highest BCUT2D eigenvalue weighted by Crippen LogP contribution is 2.17. The van der Waals surface area contributed by atoms with Gasteiger partial charge >= 0.3 is 5.97 Å². The normalized spacial score (nSPS) is 12.5. The zero-order valence-corrected chi connectivity index (χ0v) is 15.0. The average molecular weight is 375 g/mol. The second kappa shape index (κ2) is 11.6. The van der Waals surface area contributed by atoms with E-state index in [2.05, 4.69) is 38.3 Å². The molecule has 22 heavy (non-hydrogen) atoms. The van der Waals surface area contributed by atoms with Crippen molar-refractivity contribution in [1.82, 2.24) is 20.2 Å². The molecule has 7 heteroatoms. The zero-order valence-electron chi connectivity index (χ0n) is 13.4. The molecule has 0 aliphatic rings. The predicted octanol–water partition coefficient (Wildman–Crippen LogP) is 4.11. The van der Waals surface area contributed by atoms with Crippen LogP contribution in [0.2, 0.25) is 0 Å². The van der Waals surface area contributed by atoms with E-state index in [1.807, 2.05) is 0 Å². The van der Waals surface area contributed by atoms with E-state index in [0.29, 0.717) is 6.54 Å². The summed E-state index contributed by atoms with van der Waals surface area (Å²) in [6.45, 7) is 2.94. The number of carboxylic acids is 1. The van der Waals surface area contributed by atoms with Crippen molar-refractivity contribution < 1.29 is 9.90 Å². The molecule has 0 bridgehead atoms. The third-order valence-electron chi connectivity index (χ3n) is 3.62. The molecule has 1 rings (SSSR count). The molecule has 0 fully saturated rings. The third-order valence-corrected chi connectivity index (χ3v) is 4.42. The summed E-state index contributed by atoms with van der Waals surface area (Å²) in [6.07, 6.45) is 12.8. The molecule has 1 unspecified atom stereocenters. The maximum Gasteiger partial charge on any atom is 0.325 e. The van der Waals surface area contributed by atoms with Crippen molar-refractivity contribution in [1.29, 1.82) is 0 Å². The van der Waals surface area contributed by atoms with Crippen LogP contribution in [0, 0.1) is 0 Å². The van der Waals surface area contributed by atoms with Gasteiger partial charge < -0.3 is 5.11 Å². The maximum atomic E-state index is 10.8. The lowest BCUT2D eigenvalue weighted by atomic mass is 10.1. The van der Waals surface area contributed by atoms with E-state index in [4.69, 9.17) is 5.11 Å². The molecule has 1 aromatic heterocycles. The number of unbranched alkanes of at least 4 members (excludes halogenated alkanes) is 9. The first kappa shape index (κ1) is 19.1. The Morgan fingerprint density at radius 3 is 2.18 bits per heavy atom. The van der Waals surface area contributed by atoms with Crippen molar-refractivity contribution in [2.75, 3.05) is 0 Å². The van der Waals surface area contributed by atoms with Gasteiger partial charge in [0.05, 0.1) is 6.54 Å². The number of aliphatic carboxylic acids is 1. The van der Waals surface area contributed by atoms with Gasteiger partial charge in [-0.05, 0) is 11.6 Å². The first-order valence-corrected chi connectivity index (χ1v) is 9.21. The second-order valence-corrected chi connectivity index (χ2v) is 6.54. The first-order chi connectivity index (χ1) is 10.6. The van der Waals surface area contributed by atoms with Gasteiger partial charge in [-0.2, -0.15) is 4.80 Å². The Morgan fingerprint density at radius 1 is 1.09 bits per heavy atom. The van der Waals surface area contributed by atoms with Crippen molar-refractivity contribution >= 4 is 21.9 Å². The van der Waals surface area contributed by atoms with Gasteiger partial charge in [-0.25, -0.2) is 0 Å². The van der Waals surface area contributed by atoms with Crippen LogP contribution in [0.25, 0.3) is 0 Å². The van der Waals surface area contributed by atoms with Crippen LogP contribution in [0.3, 0.4) is 0 Å². The molecule has 0 aliphatic heterocycles. The molecule has 6 nitrogen and oxygen atoms in total. The van der Waals surface area contributed by atoms with Crippen molar-refractivity contribution in [2.45, 2.75) is 82.5 Å². The van der Waals surface area contributed by atoms with Crippen LogP contribution in [0.4, 0.5) is 0 Å². The Hall–Kier alpha value is -0.980. The molecule has 1 atom stereocenters. The zero-order chi connectivity index (χ0) is 16.2. The number of carboxylic acid groups (broad SMARTS) is 1. The largest absolute Gasteiger partial charge is 0.480 e. The minimum Gasteiger partial charge on any atom is -0.480 e. The number of nitrogens with zero attached hydrogens (tertiary/aromatic N) is 4. The molecule has 126 valence electrons. The highest BCUT2D eigenvalue weighted by molar-refractivity contribution is 9.09. The number of tetrazole rings is 1. The number of hydrogen-bond donors (Lipinski definition) is 1. The number of alkyl halides is 1. The lowest BCUT2D eigenvalue weighted by Gasteiger charge is -2.02. The summed E-state index contributed by atoms with van der Waals surface area (Å²) in [5.41, 5.74) is 0. The molecule has 1 heterocycles. The van der Waals surface area contributed by atoms with Crippen LogP contribution in [0.1, 0.15) is 81.8 Å². The topological polar surface area (TPSA) is 80.9 Å². The molecule has 1 aromatic rings. The van der Waals surface area contributed by atoms with Gasteiger partial charge in [0, 0.05) is 0 Å². The molecule has 0 aliphatic carbocycles. The van der Waals surface area contributed by atoms with E-state index >= 15 is 0 Å². The first-order valence-electron chi connectivity index (χ1n) is 8.29. The fraction of sp³-hybridized carbons (Fsp3) is 0.867.